The van der Waals surface area contributed by atoms with Crippen LogP contribution in [0.4, 0.5) is 0 Å². The van der Waals surface area contributed by atoms with Gasteiger partial charge in [0.1, 0.15) is 5.60 Å². The number of hydrogen-bond donors (Lipinski definition) is 1. The number of benzene rings is 4. The lowest BCUT2D eigenvalue weighted by Gasteiger charge is -2.40. The predicted molar refractivity (Wildman–Crippen MR) is 117 cm³/mol. The van der Waals surface area contributed by atoms with Crippen LogP contribution in [-0.4, -0.2) is 19.7 Å². The Bertz CT molecular complexity index is 1040. The topological polar surface area (TPSA) is 21.3 Å². The van der Waals surface area contributed by atoms with Crippen LogP contribution >= 0.6 is 0 Å². The van der Waals surface area contributed by atoms with Crippen LogP contribution in [0.25, 0.3) is 21.5 Å². The molecule has 0 unspecified atom stereocenters. The second kappa shape index (κ2) is 7.05. The van der Waals surface area contributed by atoms with Gasteiger partial charge in [0, 0.05) is 13.2 Å². The molecule has 1 saturated heterocycles. The molecule has 0 aliphatic carbocycles. The lowest BCUT2D eigenvalue weighted by atomic mass is 9.75. The lowest BCUT2D eigenvalue weighted by molar-refractivity contribution is -0.00387. The highest BCUT2D eigenvalue weighted by molar-refractivity contribution is 5.91. The van der Waals surface area contributed by atoms with Gasteiger partial charge in [0.25, 0.3) is 0 Å². The molecule has 0 bridgehead atoms. The van der Waals surface area contributed by atoms with Crippen LogP contribution in [0.2, 0.25) is 0 Å². The van der Waals surface area contributed by atoms with Crippen LogP contribution in [0.15, 0.2) is 84.9 Å². The van der Waals surface area contributed by atoms with E-state index in [1.54, 1.807) is 0 Å². The summed E-state index contributed by atoms with van der Waals surface area (Å²) >= 11 is 0. The molecule has 0 amide bonds. The van der Waals surface area contributed by atoms with E-state index in [1.165, 1.54) is 39.1 Å². The van der Waals surface area contributed by atoms with Crippen LogP contribution in [0.1, 0.15) is 24.0 Å². The fourth-order valence-electron chi connectivity index (χ4n) is 5.01. The third-order valence-corrected chi connectivity index (χ3v) is 6.25. The molecule has 2 heteroatoms. The van der Waals surface area contributed by atoms with E-state index >= 15 is 0 Å². The molecule has 140 valence electrons. The summed E-state index contributed by atoms with van der Waals surface area (Å²) in [6.07, 6.45) is 2.27. The first kappa shape index (κ1) is 17.4. The highest BCUT2D eigenvalue weighted by Gasteiger charge is 2.45. The van der Waals surface area contributed by atoms with Crippen LogP contribution in [0.3, 0.4) is 0 Å². The van der Waals surface area contributed by atoms with Crippen molar-refractivity contribution in [3.05, 3.63) is 96.1 Å². The summed E-state index contributed by atoms with van der Waals surface area (Å²) in [5.41, 5.74) is 1.94. The first-order valence-corrected chi connectivity index (χ1v) is 10.1. The maximum atomic E-state index is 6.55. The maximum Gasteiger partial charge on any atom is 0.134 e. The Morgan fingerprint density at radius 2 is 1.29 bits per heavy atom. The molecular weight excluding hydrogens is 342 g/mol. The minimum Gasteiger partial charge on any atom is -0.367 e. The zero-order valence-electron chi connectivity index (χ0n) is 16.2. The molecule has 0 radical (unpaired) electrons. The van der Waals surface area contributed by atoms with Crippen molar-refractivity contribution in [3.63, 3.8) is 0 Å². The molecule has 28 heavy (non-hydrogen) atoms. The molecule has 1 heterocycles. The molecule has 5 rings (SSSR count). The summed E-state index contributed by atoms with van der Waals surface area (Å²) in [6, 6.07) is 30.7. The van der Waals surface area contributed by atoms with Gasteiger partial charge in [-0.05, 0) is 52.1 Å². The summed E-state index contributed by atoms with van der Waals surface area (Å²) in [5, 5.41) is 8.76. The number of fused-ring (bicyclic) bond motifs is 2. The summed E-state index contributed by atoms with van der Waals surface area (Å²) in [6.45, 7) is 1.03. The average Bonchev–Trinajstić information content (AvgIpc) is 3.30. The number of nitrogens with one attached hydrogen (secondary N) is 1. The van der Waals surface area contributed by atoms with Gasteiger partial charge in [-0.2, -0.15) is 0 Å². The molecule has 1 aliphatic heterocycles. The third kappa shape index (κ3) is 2.56. The molecule has 1 aliphatic rings. The van der Waals surface area contributed by atoms with Crippen molar-refractivity contribution in [2.24, 2.45) is 0 Å². The van der Waals surface area contributed by atoms with Crippen molar-refractivity contribution in [2.75, 3.05) is 13.7 Å². The van der Waals surface area contributed by atoms with Crippen molar-refractivity contribution in [3.8, 4) is 0 Å². The second-order valence-electron chi connectivity index (χ2n) is 7.64. The zero-order valence-corrected chi connectivity index (χ0v) is 16.2. The van der Waals surface area contributed by atoms with Gasteiger partial charge in [0.05, 0.1) is 0 Å². The third-order valence-electron chi connectivity index (χ3n) is 6.25. The van der Waals surface area contributed by atoms with Gasteiger partial charge < -0.3 is 10.1 Å². The van der Waals surface area contributed by atoms with Gasteiger partial charge in [-0.25, -0.2) is 0 Å². The largest absolute Gasteiger partial charge is 0.367 e. The van der Waals surface area contributed by atoms with E-state index in [4.69, 9.17) is 4.74 Å². The molecule has 1 N–H and O–H groups in total. The lowest BCUT2D eigenvalue weighted by Crippen LogP contribution is -2.48. The standard InChI is InChI=1S/C26H25NO/c1-28-26(25-17-8-18-27-25,23-15-6-11-19-9-2-4-13-21(19)23)24-16-7-12-20-10-3-5-14-22(20)24/h2-7,9-16,25,27H,8,17-18H2,1H3/t25-/m0/s1. The minimum atomic E-state index is -0.543. The molecular formula is C26H25NO. The first-order chi connectivity index (χ1) is 13.8. The van der Waals surface area contributed by atoms with E-state index in [9.17, 15) is 0 Å². The number of ether oxygens (including phenoxy) is 1. The van der Waals surface area contributed by atoms with E-state index in [-0.39, 0.29) is 6.04 Å². The van der Waals surface area contributed by atoms with Crippen molar-refractivity contribution in [1.29, 1.82) is 0 Å². The molecule has 4 aromatic rings. The fraction of sp³-hybridized carbons (Fsp3) is 0.231. The SMILES string of the molecule is COC(c1cccc2ccccc12)(c1cccc2ccccc12)[C@@H]1CCCN1. The van der Waals surface area contributed by atoms with E-state index in [2.05, 4.69) is 90.2 Å². The zero-order chi connectivity index (χ0) is 19.0. The number of hydrogen-bond acceptors (Lipinski definition) is 2. The second-order valence-corrected chi connectivity index (χ2v) is 7.64. The predicted octanol–water partition coefficient (Wildman–Crippen LogP) is 5.64. The van der Waals surface area contributed by atoms with E-state index in [0.717, 1.165) is 13.0 Å². The Morgan fingerprint density at radius 3 is 1.79 bits per heavy atom. The highest BCUT2D eigenvalue weighted by Crippen LogP contribution is 2.45. The van der Waals surface area contributed by atoms with Crippen molar-refractivity contribution < 1.29 is 4.74 Å². The van der Waals surface area contributed by atoms with Crippen LogP contribution in [0.5, 0.6) is 0 Å². The molecule has 2 nitrogen and oxygen atoms in total. The van der Waals surface area contributed by atoms with Crippen molar-refractivity contribution in [1.82, 2.24) is 5.32 Å². The molecule has 0 saturated carbocycles. The molecule has 1 fully saturated rings. The fourth-order valence-corrected chi connectivity index (χ4v) is 5.01. The summed E-state index contributed by atoms with van der Waals surface area (Å²) in [4.78, 5) is 0. The Morgan fingerprint density at radius 1 is 0.750 bits per heavy atom. The smallest absolute Gasteiger partial charge is 0.134 e. The van der Waals surface area contributed by atoms with Gasteiger partial charge in [-0.3, -0.25) is 0 Å². The molecule has 0 aromatic heterocycles. The Balaban J connectivity index is 1.88. The normalized spacial score (nSPS) is 17.4. The van der Waals surface area contributed by atoms with E-state index in [1.807, 2.05) is 7.11 Å². The van der Waals surface area contributed by atoms with Crippen LogP contribution in [0, 0.1) is 0 Å². The van der Waals surface area contributed by atoms with Gasteiger partial charge in [0.15, 0.2) is 0 Å². The van der Waals surface area contributed by atoms with E-state index < -0.39 is 5.60 Å². The monoisotopic (exact) mass is 367 g/mol. The van der Waals surface area contributed by atoms with Crippen LogP contribution < -0.4 is 5.32 Å². The molecule has 4 aromatic carbocycles. The number of rotatable bonds is 4. The number of methoxy groups -OCH3 is 1. The highest BCUT2D eigenvalue weighted by atomic mass is 16.5. The van der Waals surface area contributed by atoms with Crippen molar-refractivity contribution in [2.45, 2.75) is 24.5 Å². The maximum absolute atomic E-state index is 6.55. The molecule has 0 spiro atoms. The van der Waals surface area contributed by atoms with Gasteiger partial charge >= 0.3 is 0 Å². The Labute approximate surface area is 166 Å². The minimum absolute atomic E-state index is 0.231. The first-order valence-electron chi connectivity index (χ1n) is 10.1. The average molecular weight is 367 g/mol. The van der Waals surface area contributed by atoms with Gasteiger partial charge in [-0.1, -0.05) is 84.9 Å². The van der Waals surface area contributed by atoms with Gasteiger partial charge in [-0.15, -0.1) is 0 Å². The van der Waals surface area contributed by atoms with E-state index in [0.29, 0.717) is 0 Å². The molecule has 1 atom stereocenters. The Kier molecular flexibility index (Phi) is 4.38. The van der Waals surface area contributed by atoms with Crippen molar-refractivity contribution >= 4 is 21.5 Å². The van der Waals surface area contributed by atoms with Crippen LogP contribution in [-0.2, 0) is 10.3 Å². The van der Waals surface area contributed by atoms with Gasteiger partial charge in [0.2, 0.25) is 0 Å². The summed E-state index contributed by atoms with van der Waals surface area (Å²) in [7, 11) is 1.86. The summed E-state index contributed by atoms with van der Waals surface area (Å²) < 4.78 is 6.55. The Hall–Kier alpha value is -2.68. The summed E-state index contributed by atoms with van der Waals surface area (Å²) in [5.74, 6) is 0. The quantitative estimate of drug-likeness (QED) is 0.504.